The van der Waals surface area contributed by atoms with E-state index < -0.39 is 17.5 Å². The van der Waals surface area contributed by atoms with Gasteiger partial charge in [-0.1, -0.05) is 0 Å². The minimum atomic E-state index is -0.876. The zero-order valence-corrected chi connectivity index (χ0v) is 14.8. The van der Waals surface area contributed by atoms with Gasteiger partial charge in [0.1, 0.15) is 11.3 Å². The van der Waals surface area contributed by atoms with Crippen molar-refractivity contribution in [3.05, 3.63) is 39.7 Å². The van der Waals surface area contributed by atoms with Gasteiger partial charge in [-0.25, -0.2) is 4.79 Å². The quantitative estimate of drug-likeness (QED) is 0.840. The number of carboxylic acids is 1. The molecule has 1 saturated heterocycles. The van der Waals surface area contributed by atoms with E-state index in [2.05, 4.69) is 0 Å². The molecule has 0 bridgehead atoms. The van der Waals surface area contributed by atoms with Crippen molar-refractivity contribution in [3.63, 3.8) is 0 Å². The highest BCUT2D eigenvalue weighted by Gasteiger charge is 2.28. The molecule has 138 valence electrons. The smallest absolute Gasteiger partial charge is 0.336 e. The van der Waals surface area contributed by atoms with Crippen molar-refractivity contribution < 1.29 is 23.8 Å². The third-order valence-electron chi connectivity index (χ3n) is 4.62. The second kappa shape index (κ2) is 7.19. The summed E-state index contributed by atoms with van der Waals surface area (Å²) >= 11 is 0. The van der Waals surface area contributed by atoms with Crippen molar-refractivity contribution in [1.82, 2.24) is 4.90 Å². The number of carbonyl (C=O) groups excluding carboxylic acids is 1. The molecule has 0 spiro atoms. The lowest BCUT2D eigenvalue weighted by Gasteiger charge is -2.30. The van der Waals surface area contributed by atoms with Crippen LogP contribution >= 0.6 is 0 Å². The standard InChI is InChI=1S/C19H21NO6/c1-11-6-14(18-12(2)8-17(22)26-15(18)7-11)25-10-16(21)20-5-3-4-13(9-20)19(23)24/h6-8,13H,3-5,9-10H2,1-2H3,(H,23,24)/t13-/m1/s1. The fraction of sp³-hybridized carbons (Fsp3) is 0.421. The predicted molar refractivity (Wildman–Crippen MR) is 94.4 cm³/mol. The number of ether oxygens (including phenoxy) is 1. The molecule has 0 radical (unpaired) electrons. The predicted octanol–water partition coefficient (Wildman–Crippen LogP) is 2.11. The van der Waals surface area contributed by atoms with Crippen LogP contribution < -0.4 is 10.4 Å². The molecule has 1 amide bonds. The fourth-order valence-corrected chi connectivity index (χ4v) is 3.33. The van der Waals surface area contributed by atoms with Crippen molar-refractivity contribution >= 4 is 22.8 Å². The Morgan fingerprint density at radius 1 is 1.31 bits per heavy atom. The maximum absolute atomic E-state index is 12.4. The summed E-state index contributed by atoms with van der Waals surface area (Å²) in [5, 5.41) is 9.80. The first-order valence-corrected chi connectivity index (χ1v) is 8.53. The van der Waals surface area contributed by atoms with Crippen LogP contribution in [0.5, 0.6) is 5.75 Å². The molecule has 3 rings (SSSR count). The topological polar surface area (TPSA) is 97.0 Å². The summed E-state index contributed by atoms with van der Waals surface area (Å²) in [6.45, 7) is 4.18. The Balaban J connectivity index is 1.78. The van der Waals surface area contributed by atoms with Gasteiger partial charge in [-0.3, -0.25) is 9.59 Å². The van der Waals surface area contributed by atoms with E-state index in [-0.39, 0.29) is 19.1 Å². The molecular weight excluding hydrogens is 338 g/mol. The van der Waals surface area contributed by atoms with Crippen molar-refractivity contribution in [1.29, 1.82) is 0 Å². The number of carboxylic acid groups (broad SMARTS) is 1. The summed E-state index contributed by atoms with van der Waals surface area (Å²) < 4.78 is 11.0. The molecule has 1 aromatic carbocycles. The van der Waals surface area contributed by atoms with Gasteiger partial charge >= 0.3 is 11.6 Å². The molecule has 7 nitrogen and oxygen atoms in total. The number of benzene rings is 1. The number of aliphatic carboxylic acids is 1. The van der Waals surface area contributed by atoms with E-state index in [0.29, 0.717) is 41.7 Å². The minimum Gasteiger partial charge on any atom is -0.483 e. The van der Waals surface area contributed by atoms with Crippen LogP contribution in [-0.4, -0.2) is 41.6 Å². The molecule has 7 heteroatoms. The molecular formula is C19H21NO6. The van der Waals surface area contributed by atoms with Crippen LogP contribution in [0.15, 0.2) is 27.4 Å². The number of hydrogen-bond acceptors (Lipinski definition) is 5. The van der Waals surface area contributed by atoms with Crippen LogP contribution in [-0.2, 0) is 9.59 Å². The van der Waals surface area contributed by atoms with Crippen LogP contribution in [0.1, 0.15) is 24.0 Å². The SMILES string of the molecule is Cc1cc(OCC(=O)N2CCC[C@@H](C(=O)O)C2)c2c(C)cc(=O)oc2c1. The molecule has 0 saturated carbocycles. The summed E-state index contributed by atoms with van der Waals surface area (Å²) in [4.78, 5) is 36.7. The number of carbonyl (C=O) groups is 2. The number of likely N-dealkylation sites (tertiary alicyclic amines) is 1. The summed E-state index contributed by atoms with van der Waals surface area (Å²) in [6.07, 6.45) is 1.25. The third kappa shape index (κ3) is 3.71. The average Bonchev–Trinajstić information content (AvgIpc) is 2.58. The van der Waals surface area contributed by atoms with Crippen molar-refractivity contribution in [3.8, 4) is 5.75 Å². The number of hydrogen-bond donors (Lipinski definition) is 1. The second-order valence-electron chi connectivity index (χ2n) is 6.69. The van der Waals surface area contributed by atoms with E-state index in [1.807, 2.05) is 6.92 Å². The number of fused-ring (bicyclic) bond motifs is 1. The van der Waals surface area contributed by atoms with E-state index in [1.165, 1.54) is 11.0 Å². The Labute approximate surface area is 150 Å². The summed E-state index contributed by atoms with van der Waals surface area (Å²) in [6, 6.07) is 4.92. The van der Waals surface area contributed by atoms with Crippen molar-refractivity contribution in [2.45, 2.75) is 26.7 Å². The van der Waals surface area contributed by atoms with Gasteiger partial charge < -0.3 is 19.2 Å². The molecule has 1 aliphatic rings. The van der Waals surface area contributed by atoms with Crippen LogP contribution in [0, 0.1) is 19.8 Å². The lowest BCUT2D eigenvalue weighted by atomic mass is 9.98. The lowest BCUT2D eigenvalue weighted by molar-refractivity contribution is -0.146. The normalized spacial score (nSPS) is 17.3. The Morgan fingerprint density at radius 2 is 2.08 bits per heavy atom. The van der Waals surface area contributed by atoms with Crippen LogP contribution in [0.25, 0.3) is 11.0 Å². The molecule has 1 aromatic heterocycles. The van der Waals surface area contributed by atoms with E-state index in [9.17, 15) is 14.4 Å². The highest BCUT2D eigenvalue weighted by molar-refractivity contribution is 5.88. The molecule has 0 unspecified atom stereocenters. The summed E-state index contributed by atoms with van der Waals surface area (Å²) in [5.74, 6) is -1.18. The number of aryl methyl sites for hydroxylation is 2. The molecule has 0 aliphatic carbocycles. The highest BCUT2D eigenvalue weighted by atomic mass is 16.5. The van der Waals surface area contributed by atoms with E-state index in [0.717, 1.165) is 5.56 Å². The van der Waals surface area contributed by atoms with E-state index >= 15 is 0 Å². The summed E-state index contributed by atoms with van der Waals surface area (Å²) in [5.41, 5.74) is 1.54. The molecule has 1 atom stereocenters. The number of piperidine rings is 1. The molecule has 26 heavy (non-hydrogen) atoms. The van der Waals surface area contributed by atoms with Crippen LogP contribution in [0.2, 0.25) is 0 Å². The Morgan fingerprint density at radius 3 is 2.81 bits per heavy atom. The van der Waals surface area contributed by atoms with Gasteiger partial charge in [0.05, 0.1) is 11.3 Å². The zero-order chi connectivity index (χ0) is 18.8. The fourth-order valence-electron chi connectivity index (χ4n) is 3.33. The molecule has 1 fully saturated rings. The summed E-state index contributed by atoms with van der Waals surface area (Å²) in [7, 11) is 0. The first-order valence-electron chi connectivity index (χ1n) is 8.53. The van der Waals surface area contributed by atoms with Crippen molar-refractivity contribution in [2.75, 3.05) is 19.7 Å². The first kappa shape index (κ1) is 18.0. The number of amides is 1. The van der Waals surface area contributed by atoms with Gasteiger partial charge in [0.2, 0.25) is 0 Å². The van der Waals surface area contributed by atoms with Gasteiger partial charge in [0, 0.05) is 19.2 Å². The monoisotopic (exact) mass is 359 g/mol. The largest absolute Gasteiger partial charge is 0.483 e. The van der Waals surface area contributed by atoms with Crippen LogP contribution in [0.3, 0.4) is 0 Å². The number of rotatable bonds is 4. The maximum atomic E-state index is 12.4. The van der Waals surface area contributed by atoms with Gasteiger partial charge in [-0.15, -0.1) is 0 Å². The highest BCUT2D eigenvalue weighted by Crippen LogP contribution is 2.29. The Bertz CT molecular complexity index is 916. The third-order valence-corrected chi connectivity index (χ3v) is 4.62. The van der Waals surface area contributed by atoms with Gasteiger partial charge in [-0.2, -0.15) is 0 Å². The van der Waals surface area contributed by atoms with Gasteiger partial charge in [-0.05, 0) is 49.9 Å². The van der Waals surface area contributed by atoms with E-state index in [1.54, 1.807) is 19.1 Å². The second-order valence-corrected chi connectivity index (χ2v) is 6.69. The van der Waals surface area contributed by atoms with Crippen LogP contribution in [0.4, 0.5) is 0 Å². The maximum Gasteiger partial charge on any atom is 0.336 e. The minimum absolute atomic E-state index is 0.191. The molecule has 1 aliphatic heterocycles. The van der Waals surface area contributed by atoms with E-state index in [4.69, 9.17) is 14.3 Å². The molecule has 1 N–H and O–H groups in total. The zero-order valence-electron chi connectivity index (χ0n) is 14.8. The average molecular weight is 359 g/mol. The Kier molecular flexibility index (Phi) is 4.97. The first-order chi connectivity index (χ1) is 12.3. The lowest BCUT2D eigenvalue weighted by Crippen LogP contribution is -2.44. The molecule has 2 aromatic rings. The Hall–Kier alpha value is -2.83. The van der Waals surface area contributed by atoms with Gasteiger partial charge in [0.15, 0.2) is 6.61 Å². The van der Waals surface area contributed by atoms with Gasteiger partial charge in [0.25, 0.3) is 5.91 Å². The van der Waals surface area contributed by atoms with Crippen molar-refractivity contribution in [2.24, 2.45) is 5.92 Å². The number of nitrogens with zero attached hydrogens (tertiary/aromatic N) is 1. The molecule has 2 heterocycles.